The van der Waals surface area contributed by atoms with E-state index in [0.29, 0.717) is 0 Å². The summed E-state index contributed by atoms with van der Waals surface area (Å²) in [6.45, 7) is 2.38. The molecule has 0 bridgehead atoms. The Morgan fingerprint density at radius 1 is 1.60 bits per heavy atom. The molecule has 0 fully saturated rings. The minimum Gasteiger partial charge on any atom is -0.396 e. The molecule has 0 aromatic carbocycles. The maximum absolute atomic E-state index is 8.49. The predicted molar refractivity (Wildman–Crippen MR) is 48.5 cm³/mol. The molecule has 0 amide bonds. The Morgan fingerprint density at radius 3 is 2.80 bits per heavy atom. The molecule has 0 atom stereocenters. The second kappa shape index (κ2) is 7.29. The maximum atomic E-state index is 8.49. The van der Waals surface area contributed by atoms with E-state index in [0.717, 1.165) is 18.2 Å². The van der Waals surface area contributed by atoms with Gasteiger partial charge in [-0.3, -0.25) is 0 Å². The molecule has 0 aliphatic carbocycles. The molecule has 0 saturated heterocycles. The van der Waals surface area contributed by atoms with Crippen molar-refractivity contribution < 1.29 is 5.11 Å². The van der Waals surface area contributed by atoms with Crippen LogP contribution < -0.4 is 0 Å². The van der Waals surface area contributed by atoms with Crippen molar-refractivity contribution in [1.82, 2.24) is 0 Å². The zero-order valence-corrected chi connectivity index (χ0v) is 8.02. The van der Waals surface area contributed by atoms with Crippen LogP contribution in [-0.4, -0.2) is 17.0 Å². The topological polar surface area (TPSA) is 20.2 Å². The lowest BCUT2D eigenvalue weighted by Gasteiger charge is -1.96. The number of alkyl halides is 1. The second-order valence-corrected chi connectivity index (χ2v) is 3.15. The zero-order chi connectivity index (χ0) is 7.82. The van der Waals surface area contributed by atoms with Gasteiger partial charge in [0.05, 0.1) is 0 Å². The van der Waals surface area contributed by atoms with E-state index in [4.69, 9.17) is 5.11 Å². The van der Waals surface area contributed by atoms with E-state index in [1.165, 1.54) is 12.0 Å². The molecule has 0 aromatic rings. The van der Waals surface area contributed by atoms with Gasteiger partial charge in [0.25, 0.3) is 0 Å². The van der Waals surface area contributed by atoms with Crippen LogP contribution in [0.2, 0.25) is 0 Å². The zero-order valence-electron chi connectivity index (χ0n) is 6.44. The SMILES string of the molecule is C/C(=C\CCO)CCCBr. The predicted octanol–water partition coefficient (Wildman–Crippen LogP) is 2.49. The molecule has 0 saturated carbocycles. The molecule has 0 aromatic heterocycles. The average molecular weight is 207 g/mol. The molecule has 10 heavy (non-hydrogen) atoms. The highest BCUT2D eigenvalue weighted by Crippen LogP contribution is 2.05. The number of hydrogen-bond donors (Lipinski definition) is 1. The Kier molecular flexibility index (Phi) is 7.42. The first kappa shape index (κ1) is 10.2. The van der Waals surface area contributed by atoms with Crippen LogP contribution in [0.5, 0.6) is 0 Å². The quantitative estimate of drug-likeness (QED) is 0.542. The summed E-state index contributed by atoms with van der Waals surface area (Å²) < 4.78 is 0. The first-order valence-corrected chi connectivity index (χ1v) is 4.76. The van der Waals surface area contributed by atoms with Gasteiger partial charge in [-0.05, 0) is 26.2 Å². The molecule has 0 radical (unpaired) electrons. The summed E-state index contributed by atoms with van der Waals surface area (Å²) in [5.41, 5.74) is 1.38. The highest BCUT2D eigenvalue weighted by atomic mass is 79.9. The fourth-order valence-corrected chi connectivity index (χ4v) is 1.04. The van der Waals surface area contributed by atoms with Crippen molar-refractivity contribution in [1.29, 1.82) is 0 Å². The summed E-state index contributed by atoms with van der Waals surface area (Å²) in [5, 5.41) is 9.55. The van der Waals surface area contributed by atoms with Gasteiger partial charge in [-0.15, -0.1) is 0 Å². The van der Waals surface area contributed by atoms with Crippen molar-refractivity contribution in [2.75, 3.05) is 11.9 Å². The van der Waals surface area contributed by atoms with Crippen LogP contribution in [0.15, 0.2) is 11.6 Å². The number of halogens is 1. The third-order valence-electron chi connectivity index (χ3n) is 1.33. The van der Waals surface area contributed by atoms with Gasteiger partial charge in [-0.2, -0.15) is 0 Å². The van der Waals surface area contributed by atoms with E-state index in [2.05, 4.69) is 28.9 Å². The van der Waals surface area contributed by atoms with Crippen molar-refractivity contribution in [2.45, 2.75) is 26.2 Å². The highest BCUT2D eigenvalue weighted by molar-refractivity contribution is 9.09. The summed E-state index contributed by atoms with van der Waals surface area (Å²) in [5.74, 6) is 0. The lowest BCUT2D eigenvalue weighted by molar-refractivity contribution is 0.302. The maximum Gasteiger partial charge on any atom is 0.0465 e. The molecule has 2 heteroatoms. The number of allylic oxidation sites excluding steroid dienone is 1. The van der Waals surface area contributed by atoms with E-state index in [1.54, 1.807) is 0 Å². The van der Waals surface area contributed by atoms with E-state index in [1.807, 2.05) is 0 Å². The van der Waals surface area contributed by atoms with Crippen molar-refractivity contribution in [2.24, 2.45) is 0 Å². The number of aliphatic hydroxyl groups excluding tert-OH is 1. The summed E-state index contributed by atoms with van der Waals surface area (Å²) in [7, 11) is 0. The molecule has 0 rings (SSSR count). The summed E-state index contributed by atoms with van der Waals surface area (Å²) in [4.78, 5) is 0. The molecule has 1 nitrogen and oxygen atoms in total. The third kappa shape index (κ3) is 6.30. The summed E-state index contributed by atoms with van der Waals surface area (Å²) in [6.07, 6.45) is 5.23. The van der Waals surface area contributed by atoms with Crippen LogP contribution in [-0.2, 0) is 0 Å². The largest absolute Gasteiger partial charge is 0.396 e. The monoisotopic (exact) mass is 206 g/mol. The highest BCUT2D eigenvalue weighted by Gasteiger charge is 1.87. The molecular formula is C8H15BrO. The minimum absolute atomic E-state index is 0.269. The molecule has 0 aliphatic rings. The van der Waals surface area contributed by atoms with E-state index in [-0.39, 0.29) is 6.61 Å². The van der Waals surface area contributed by atoms with Gasteiger partial charge in [0.15, 0.2) is 0 Å². The fraction of sp³-hybridized carbons (Fsp3) is 0.750. The van der Waals surface area contributed by atoms with E-state index < -0.39 is 0 Å². The van der Waals surface area contributed by atoms with Gasteiger partial charge in [0.2, 0.25) is 0 Å². The first-order valence-electron chi connectivity index (χ1n) is 3.63. The Morgan fingerprint density at radius 2 is 2.30 bits per heavy atom. The van der Waals surface area contributed by atoms with Crippen LogP contribution >= 0.6 is 15.9 Å². The van der Waals surface area contributed by atoms with E-state index in [9.17, 15) is 0 Å². The average Bonchev–Trinajstić information content (AvgIpc) is 1.97. The van der Waals surface area contributed by atoms with E-state index >= 15 is 0 Å². The molecular weight excluding hydrogens is 192 g/mol. The molecule has 0 heterocycles. The van der Waals surface area contributed by atoms with Crippen LogP contribution in [0.25, 0.3) is 0 Å². The number of hydrogen-bond acceptors (Lipinski definition) is 1. The van der Waals surface area contributed by atoms with Gasteiger partial charge in [-0.1, -0.05) is 27.6 Å². The number of rotatable bonds is 5. The lowest BCUT2D eigenvalue weighted by atomic mass is 10.1. The second-order valence-electron chi connectivity index (χ2n) is 2.36. The number of aliphatic hydroxyl groups is 1. The van der Waals surface area contributed by atoms with Crippen molar-refractivity contribution >= 4 is 15.9 Å². The van der Waals surface area contributed by atoms with Crippen molar-refractivity contribution in [3.8, 4) is 0 Å². The van der Waals surface area contributed by atoms with Gasteiger partial charge in [0, 0.05) is 11.9 Å². The van der Waals surface area contributed by atoms with Gasteiger partial charge < -0.3 is 5.11 Å². The molecule has 60 valence electrons. The lowest BCUT2D eigenvalue weighted by Crippen LogP contribution is -1.82. The van der Waals surface area contributed by atoms with Crippen LogP contribution in [0.1, 0.15) is 26.2 Å². The molecule has 0 aliphatic heterocycles. The molecule has 1 N–H and O–H groups in total. The van der Waals surface area contributed by atoms with Crippen molar-refractivity contribution in [3.63, 3.8) is 0 Å². The van der Waals surface area contributed by atoms with Crippen LogP contribution in [0.4, 0.5) is 0 Å². The Labute approximate surface area is 71.3 Å². The summed E-state index contributed by atoms with van der Waals surface area (Å²) in [6, 6.07) is 0. The summed E-state index contributed by atoms with van der Waals surface area (Å²) >= 11 is 3.37. The first-order chi connectivity index (χ1) is 4.81. The van der Waals surface area contributed by atoms with Crippen LogP contribution in [0, 0.1) is 0 Å². The van der Waals surface area contributed by atoms with Crippen molar-refractivity contribution in [3.05, 3.63) is 11.6 Å². The standard InChI is InChI=1S/C8H15BrO/c1-8(4-2-6-9)5-3-7-10/h5,10H,2-4,6-7H2,1H3/b8-5+. The third-order valence-corrected chi connectivity index (χ3v) is 1.89. The Hall–Kier alpha value is 0.180. The fourth-order valence-electron chi connectivity index (χ4n) is 0.759. The Bertz CT molecular complexity index is 99.4. The normalized spacial score (nSPS) is 12.1. The van der Waals surface area contributed by atoms with Crippen LogP contribution in [0.3, 0.4) is 0 Å². The smallest absolute Gasteiger partial charge is 0.0465 e. The molecule has 0 unspecified atom stereocenters. The minimum atomic E-state index is 0.269. The van der Waals surface area contributed by atoms with Gasteiger partial charge in [0.1, 0.15) is 0 Å². The van der Waals surface area contributed by atoms with Gasteiger partial charge in [-0.25, -0.2) is 0 Å². The van der Waals surface area contributed by atoms with Gasteiger partial charge >= 0.3 is 0 Å². The molecule has 0 spiro atoms. The Balaban J connectivity index is 3.30.